The molecule has 4 aromatic rings. The third-order valence-corrected chi connectivity index (χ3v) is 4.18. The highest BCUT2D eigenvalue weighted by Gasteiger charge is 2.30. The van der Waals surface area contributed by atoms with Gasteiger partial charge in [0, 0.05) is 24.4 Å². The van der Waals surface area contributed by atoms with Crippen molar-refractivity contribution >= 4 is 10.9 Å². The van der Waals surface area contributed by atoms with Gasteiger partial charge in [-0.25, -0.2) is 0 Å². The van der Waals surface area contributed by atoms with Crippen molar-refractivity contribution in [3.8, 4) is 11.6 Å². The summed E-state index contributed by atoms with van der Waals surface area (Å²) in [6.45, 7) is 2.10. The van der Waals surface area contributed by atoms with Gasteiger partial charge in [-0.05, 0) is 29.8 Å². The molecule has 26 heavy (non-hydrogen) atoms. The van der Waals surface area contributed by atoms with Crippen molar-refractivity contribution in [3.63, 3.8) is 0 Å². The monoisotopic (exact) mass is 357 g/mol. The van der Waals surface area contributed by atoms with E-state index in [9.17, 15) is 13.2 Å². The fourth-order valence-corrected chi connectivity index (χ4v) is 2.94. The summed E-state index contributed by atoms with van der Waals surface area (Å²) in [4.78, 5) is 0. The number of halogens is 3. The number of rotatable bonds is 3. The first-order valence-corrected chi connectivity index (χ1v) is 7.97. The lowest BCUT2D eigenvalue weighted by Crippen LogP contribution is -2.06. The highest BCUT2D eigenvalue weighted by molar-refractivity contribution is 5.85. The van der Waals surface area contributed by atoms with Crippen LogP contribution in [0.15, 0.2) is 59.0 Å². The van der Waals surface area contributed by atoms with Gasteiger partial charge in [-0.1, -0.05) is 30.3 Å². The van der Waals surface area contributed by atoms with Crippen LogP contribution in [-0.4, -0.2) is 14.8 Å². The van der Waals surface area contributed by atoms with Crippen molar-refractivity contribution in [1.29, 1.82) is 0 Å². The summed E-state index contributed by atoms with van der Waals surface area (Å²) in [6.07, 6.45) is -4.34. The maximum atomic E-state index is 12.8. The van der Waals surface area contributed by atoms with E-state index in [4.69, 9.17) is 4.42 Å². The van der Waals surface area contributed by atoms with Crippen LogP contribution in [-0.2, 0) is 12.7 Å². The van der Waals surface area contributed by atoms with Crippen LogP contribution >= 0.6 is 0 Å². The molecule has 0 aliphatic heterocycles. The second kappa shape index (κ2) is 6.01. The van der Waals surface area contributed by atoms with Gasteiger partial charge in [-0.2, -0.15) is 13.2 Å². The molecular weight excluding hydrogens is 343 g/mol. The largest absolute Gasteiger partial charge is 0.420 e. The van der Waals surface area contributed by atoms with Crippen molar-refractivity contribution in [2.75, 3.05) is 0 Å². The van der Waals surface area contributed by atoms with Crippen LogP contribution in [0.1, 0.15) is 17.0 Å². The van der Waals surface area contributed by atoms with Crippen LogP contribution in [0.2, 0.25) is 0 Å². The maximum absolute atomic E-state index is 12.8. The van der Waals surface area contributed by atoms with E-state index >= 15 is 0 Å². The Kier molecular flexibility index (Phi) is 3.79. The average Bonchev–Trinajstić information content (AvgIpc) is 3.19. The van der Waals surface area contributed by atoms with Crippen LogP contribution in [0.5, 0.6) is 0 Å². The Morgan fingerprint density at radius 2 is 1.73 bits per heavy atom. The van der Waals surface area contributed by atoms with E-state index in [-0.39, 0.29) is 0 Å². The quantitative estimate of drug-likeness (QED) is 0.514. The van der Waals surface area contributed by atoms with Crippen molar-refractivity contribution < 1.29 is 17.6 Å². The molecule has 0 saturated heterocycles. The molecule has 4 nitrogen and oxygen atoms in total. The molecule has 2 heterocycles. The molecule has 7 heteroatoms. The van der Waals surface area contributed by atoms with Gasteiger partial charge in [0.2, 0.25) is 5.89 Å². The van der Waals surface area contributed by atoms with Gasteiger partial charge in [0.15, 0.2) is 0 Å². The molecular formula is C19H14F3N3O. The highest BCUT2D eigenvalue weighted by Crippen LogP contribution is 2.31. The highest BCUT2D eigenvalue weighted by atomic mass is 19.4. The van der Waals surface area contributed by atoms with E-state index in [1.54, 1.807) is 6.92 Å². The number of fused-ring (bicyclic) bond motifs is 1. The first kappa shape index (κ1) is 16.4. The predicted octanol–water partition coefficient (Wildman–Crippen LogP) is 5.07. The molecule has 0 amide bonds. The number of para-hydroxylation sites is 1. The van der Waals surface area contributed by atoms with Crippen LogP contribution in [0.25, 0.3) is 22.5 Å². The van der Waals surface area contributed by atoms with Crippen molar-refractivity contribution in [1.82, 2.24) is 14.8 Å². The molecule has 132 valence electrons. The van der Waals surface area contributed by atoms with Crippen molar-refractivity contribution in [2.45, 2.75) is 19.6 Å². The lowest BCUT2D eigenvalue weighted by atomic mass is 10.1. The summed E-state index contributed by atoms with van der Waals surface area (Å²) < 4.78 is 45.8. The summed E-state index contributed by atoms with van der Waals surface area (Å²) in [6, 6.07) is 14.8. The Hall–Kier alpha value is -3.09. The van der Waals surface area contributed by atoms with Crippen LogP contribution in [0.3, 0.4) is 0 Å². The average molecular weight is 357 g/mol. The molecule has 0 unspecified atom stereocenters. The lowest BCUT2D eigenvalue weighted by molar-refractivity contribution is -0.137. The molecule has 0 bridgehead atoms. The van der Waals surface area contributed by atoms with Crippen molar-refractivity contribution in [3.05, 3.63) is 71.6 Å². The number of benzene rings is 2. The van der Waals surface area contributed by atoms with E-state index in [0.717, 1.165) is 34.3 Å². The smallest absolute Gasteiger partial charge is 0.416 e. The molecule has 0 N–H and O–H groups in total. The van der Waals surface area contributed by atoms with Gasteiger partial charge >= 0.3 is 6.18 Å². The molecule has 2 aromatic heterocycles. The van der Waals surface area contributed by atoms with E-state index in [1.807, 2.05) is 34.9 Å². The number of alkyl halides is 3. The van der Waals surface area contributed by atoms with Crippen LogP contribution < -0.4 is 0 Å². The van der Waals surface area contributed by atoms with Gasteiger partial charge in [0.1, 0.15) is 5.69 Å². The van der Waals surface area contributed by atoms with Gasteiger partial charge in [0.05, 0.1) is 5.56 Å². The summed E-state index contributed by atoms with van der Waals surface area (Å²) in [5.41, 5.74) is 1.76. The minimum absolute atomic E-state index is 0.380. The number of aryl methyl sites for hydroxylation is 1. The number of hydrogen-bond donors (Lipinski definition) is 0. The Labute approximate surface area is 146 Å². The molecule has 2 aromatic carbocycles. The molecule has 0 aliphatic rings. The maximum Gasteiger partial charge on any atom is 0.416 e. The van der Waals surface area contributed by atoms with E-state index in [2.05, 4.69) is 10.2 Å². The normalized spacial score (nSPS) is 12.0. The SMILES string of the molecule is Cc1nnc(-c2cc3ccccc3n2Cc2ccc(C(F)(F)F)cc2)o1. The Morgan fingerprint density at radius 1 is 1.00 bits per heavy atom. The summed E-state index contributed by atoms with van der Waals surface area (Å²) in [5, 5.41) is 8.93. The second-order valence-corrected chi connectivity index (χ2v) is 6.00. The number of hydrogen-bond acceptors (Lipinski definition) is 3. The second-order valence-electron chi connectivity index (χ2n) is 6.00. The predicted molar refractivity (Wildman–Crippen MR) is 90.5 cm³/mol. The summed E-state index contributed by atoms with van der Waals surface area (Å²) in [7, 11) is 0. The first-order valence-electron chi connectivity index (χ1n) is 7.97. The van der Waals surface area contributed by atoms with E-state index in [1.165, 1.54) is 12.1 Å². The van der Waals surface area contributed by atoms with E-state index in [0.29, 0.717) is 18.3 Å². The minimum atomic E-state index is -4.34. The zero-order valence-corrected chi connectivity index (χ0v) is 13.8. The number of nitrogens with zero attached hydrogens (tertiary/aromatic N) is 3. The molecule has 0 fully saturated rings. The fourth-order valence-electron chi connectivity index (χ4n) is 2.94. The molecule has 0 radical (unpaired) electrons. The van der Waals surface area contributed by atoms with Gasteiger partial charge in [0.25, 0.3) is 5.89 Å². The Morgan fingerprint density at radius 3 is 2.38 bits per heavy atom. The molecule has 0 atom stereocenters. The molecule has 4 rings (SSSR count). The zero-order chi connectivity index (χ0) is 18.3. The van der Waals surface area contributed by atoms with Crippen LogP contribution in [0, 0.1) is 6.92 Å². The molecule has 0 aliphatic carbocycles. The van der Waals surface area contributed by atoms with Gasteiger partial charge < -0.3 is 8.98 Å². The van der Waals surface area contributed by atoms with Gasteiger partial charge in [-0.15, -0.1) is 10.2 Å². The summed E-state index contributed by atoms with van der Waals surface area (Å²) >= 11 is 0. The zero-order valence-electron chi connectivity index (χ0n) is 13.8. The van der Waals surface area contributed by atoms with Gasteiger partial charge in [-0.3, -0.25) is 0 Å². The van der Waals surface area contributed by atoms with E-state index < -0.39 is 11.7 Å². The van der Waals surface area contributed by atoms with Crippen molar-refractivity contribution in [2.24, 2.45) is 0 Å². The Bertz CT molecular complexity index is 1060. The summed E-state index contributed by atoms with van der Waals surface area (Å²) in [5.74, 6) is 0.831. The Balaban J connectivity index is 1.78. The lowest BCUT2D eigenvalue weighted by Gasteiger charge is -2.11. The topological polar surface area (TPSA) is 43.9 Å². The molecule has 0 spiro atoms. The fraction of sp³-hybridized carbons (Fsp3) is 0.158. The van der Waals surface area contributed by atoms with Crippen LogP contribution in [0.4, 0.5) is 13.2 Å². The third kappa shape index (κ3) is 2.96. The number of aromatic nitrogens is 3. The minimum Gasteiger partial charge on any atom is -0.420 e. The molecule has 0 saturated carbocycles. The third-order valence-electron chi connectivity index (χ3n) is 4.18. The standard InChI is InChI=1S/C19H14F3N3O/c1-12-23-24-18(26-12)17-10-14-4-2-3-5-16(14)25(17)11-13-6-8-15(9-7-13)19(20,21)22/h2-10H,11H2,1H3. The first-order chi connectivity index (χ1) is 12.4.